The Morgan fingerprint density at radius 2 is 2.24 bits per heavy atom. The molecule has 17 heavy (non-hydrogen) atoms. The van der Waals surface area contributed by atoms with Crippen molar-refractivity contribution < 1.29 is 14.3 Å². The van der Waals surface area contributed by atoms with Crippen molar-refractivity contribution in [2.75, 3.05) is 32.8 Å². The van der Waals surface area contributed by atoms with Gasteiger partial charge in [-0.3, -0.25) is 0 Å². The molecule has 1 fully saturated rings. The third-order valence-corrected chi connectivity index (χ3v) is 2.52. The minimum Gasteiger partial charge on any atom is -0.450 e. The van der Waals surface area contributed by atoms with Crippen molar-refractivity contribution in [2.24, 2.45) is 0 Å². The van der Waals surface area contributed by atoms with Crippen molar-refractivity contribution >= 4 is 6.09 Å². The van der Waals surface area contributed by atoms with Gasteiger partial charge in [0.1, 0.15) is 0 Å². The fourth-order valence-corrected chi connectivity index (χ4v) is 1.64. The van der Waals surface area contributed by atoms with Crippen LogP contribution in [-0.4, -0.2) is 55.5 Å². The van der Waals surface area contributed by atoms with E-state index in [1.165, 1.54) is 0 Å². The third kappa shape index (κ3) is 5.37. The van der Waals surface area contributed by atoms with E-state index in [4.69, 9.17) is 9.47 Å². The minimum absolute atomic E-state index is 0.0485. The summed E-state index contributed by atoms with van der Waals surface area (Å²) in [6, 6.07) is 0. The van der Waals surface area contributed by atoms with Gasteiger partial charge < -0.3 is 19.7 Å². The van der Waals surface area contributed by atoms with Gasteiger partial charge in [-0.05, 0) is 27.7 Å². The molecule has 0 aromatic carbocycles. The van der Waals surface area contributed by atoms with Gasteiger partial charge in [0.05, 0.1) is 25.9 Å². The fourth-order valence-electron chi connectivity index (χ4n) is 1.64. The Morgan fingerprint density at radius 3 is 2.82 bits per heavy atom. The van der Waals surface area contributed by atoms with E-state index in [0.29, 0.717) is 26.3 Å². The molecule has 0 unspecified atom stereocenters. The fraction of sp³-hybridized carbons (Fsp3) is 0.917. The normalized spacial score (nSPS) is 21.4. The summed E-state index contributed by atoms with van der Waals surface area (Å²) in [5, 5.41) is 3.38. The number of morpholine rings is 1. The number of nitrogens with zero attached hydrogens (tertiary/aromatic N) is 1. The average molecular weight is 244 g/mol. The smallest absolute Gasteiger partial charge is 0.409 e. The van der Waals surface area contributed by atoms with E-state index in [2.05, 4.69) is 26.1 Å². The van der Waals surface area contributed by atoms with Crippen molar-refractivity contribution in [1.82, 2.24) is 10.2 Å². The maximum absolute atomic E-state index is 11.6. The summed E-state index contributed by atoms with van der Waals surface area (Å²) in [7, 11) is 0. The monoisotopic (exact) mass is 244 g/mol. The third-order valence-electron chi connectivity index (χ3n) is 2.52. The van der Waals surface area contributed by atoms with Crippen LogP contribution in [0.5, 0.6) is 0 Å². The maximum Gasteiger partial charge on any atom is 0.409 e. The Balaban J connectivity index is 2.36. The highest BCUT2D eigenvalue weighted by Crippen LogP contribution is 2.08. The van der Waals surface area contributed by atoms with Gasteiger partial charge in [0.25, 0.3) is 0 Å². The number of rotatable bonds is 3. The summed E-state index contributed by atoms with van der Waals surface area (Å²) in [5.74, 6) is 0. The van der Waals surface area contributed by atoms with E-state index in [9.17, 15) is 4.79 Å². The van der Waals surface area contributed by atoms with Gasteiger partial charge in [-0.25, -0.2) is 4.79 Å². The average Bonchev–Trinajstić information content (AvgIpc) is 2.26. The molecule has 1 aliphatic rings. The van der Waals surface area contributed by atoms with Gasteiger partial charge in [-0.15, -0.1) is 0 Å². The van der Waals surface area contributed by atoms with Crippen LogP contribution in [0.15, 0.2) is 0 Å². The Labute approximate surface area is 103 Å². The number of nitrogens with one attached hydrogen (secondary N) is 1. The molecule has 1 saturated heterocycles. The van der Waals surface area contributed by atoms with Gasteiger partial charge in [-0.2, -0.15) is 0 Å². The van der Waals surface area contributed by atoms with Crippen LogP contribution >= 0.6 is 0 Å². The molecule has 0 aromatic rings. The molecule has 1 amide bonds. The molecule has 1 heterocycles. The predicted molar refractivity (Wildman–Crippen MR) is 66.1 cm³/mol. The quantitative estimate of drug-likeness (QED) is 0.811. The molecule has 5 heteroatoms. The van der Waals surface area contributed by atoms with Gasteiger partial charge in [0.15, 0.2) is 0 Å². The number of carbonyl (C=O) groups is 1. The number of carbonyl (C=O) groups excluding carboxylic acids is 1. The highest BCUT2D eigenvalue weighted by Gasteiger charge is 2.25. The van der Waals surface area contributed by atoms with Gasteiger partial charge in [-0.1, -0.05) is 0 Å². The molecule has 0 aromatic heterocycles. The van der Waals surface area contributed by atoms with E-state index >= 15 is 0 Å². The minimum atomic E-state index is -0.239. The first-order valence-electron chi connectivity index (χ1n) is 6.20. The van der Waals surface area contributed by atoms with Crippen molar-refractivity contribution in [3.05, 3.63) is 0 Å². The van der Waals surface area contributed by atoms with Crippen molar-refractivity contribution in [1.29, 1.82) is 0 Å². The molecule has 1 atom stereocenters. The van der Waals surface area contributed by atoms with Crippen LogP contribution in [0.1, 0.15) is 27.7 Å². The summed E-state index contributed by atoms with van der Waals surface area (Å²) in [6.45, 7) is 11.1. The van der Waals surface area contributed by atoms with Crippen LogP contribution in [0, 0.1) is 0 Å². The van der Waals surface area contributed by atoms with Crippen LogP contribution in [0.4, 0.5) is 4.79 Å². The molecular formula is C12H24N2O3. The number of hydrogen-bond donors (Lipinski definition) is 1. The lowest BCUT2D eigenvalue weighted by atomic mass is 10.1. The molecule has 100 valence electrons. The van der Waals surface area contributed by atoms with E-state index in [1.54, 1.807) is 4.90 Å². The predicted octanol–water partition coefficient (Wildman–Crippen LogP) is 1.23. The van der Waals surface area contributed by atoms with E-state index in [1.807, 2.05) is 6.92 Å². The number of hydrogen-bond acceptors (Lipinski definition) is 4. The summed E-state index contributed by atoms with van der Waals surface area (Å²) in [5.41, 5.74) is 0.0650. The first-order chi connectivity index (χ1) is 7.92. The van der Waals surface area contributed by atoms with Crippen molar-refractivity contribution in [3.63, 3.8) is 0 Å². The molecule has 1 N–H and O–H groups in total. The number of ether oxygens (including phenoxy) is 2. The van der Waals surface area contributed by atoms with Crippen LogP contribution in [-0.2, 0) is 9.47 Å². The molecular weight excluding hydrogens is 220 g/mol. The van der Waals surface area contributed by atoms with Gasteiger partial charge in [0, 0.05) is 18.6 Å². The van der Waals surface area contributed by atoms with Crippen LogP contribution in [0.2, 0.25) is 0 Å². The van der Waals surface area contributed by atoms with Crippen LogP contribution < -0.4 is 5.32 Å². The Hall–Kier alpha value is -0.810. The summed E-state index contributed by atoms with van der Waals surface area (Å²) < 4.78 is 10.6. The largest absolute Gasteiger partial charge is 0.450 e. The second-order valence-electron chi connectivity index (χ2n) is 5.27. The Morgan fingerprint density at radius 1 is 1.53 bits per heavy atom. The van der Waals surface area contributed by atoms with E-state index in [-0.39, 0.29) is 17.7 Å². The second-order valence-corrected chi connectivity index (χ2v) is 5.27. The zero-order valence-electron chi connectivity index (χ0n) is 11.3. The zero-order chi connectivity index (χ0) is 12.9. The molecule has 1 rings (SSSR count). The number of amides is 1. The molecule has 5 nitrogen and oxygen atoms in total. The van der Waals surface area contributed by atoms with Gasteiger partial charge in [0.2, 0.25) is 0 Å². The standard InChI is InChI=1S/C12H24N2O3/c1-5-16-11(15)14-6-7-17-10(9-14)8-13-12(2,3)4/h10,13H,5-9H2,1-4H3/t10-/m0/s1. The van der Waals surface area contributed by atoms with Crippen molar-refractivity contribution in [2.45, 2.75) is 39.3 Å². The second kappa shape index (κ2) is 6.21. The lowest BCUT2D eigenvalue weighted by Crippen LogP contribution is -2.51. The molecule has 0 radical (unpaired) electrons. The van der Waals surface area contributed by atoms with E-state index in [0.717, 1.165) is 6.54 Å². The summed E-state index contributed by atoms with van der Waals surface area (Å²) >= 11 is 0. The van der Waals surface area contributed by atoms with Crippen LogP contribution in [0.3, 0.4) is 0 Å². The zero-order valence-corrected chi connectivity index (χ0v) is 11.3. The molecule has 0 spiro atoms. The van der Waals surface area contributed by atoms with Gasteiger partial charge >= 0.3 is 6.09 Å². The first kappa shape index (κ1) is 14.3. The summed E-state index contributed by atoms with van der Waals surface area (Å²) in [6.07, 6.45) is -0.191. The van der Waals surface area contributed by atoms with E-state index < -0.39 is 0 Å². The van der Waals surface area contributed by atoms with Crippen LogP contribution in [0.25, 0.3) is 0 Å². The lowest BCUT2D eigenvalue weighted by Gasteiger charge is -2.34. The molecule has 1 aliphatic heterocycles. The maximum atomic E-state index is 11.6. The molecule has 0 bridgehead atoms. The molecule has 0 aliphatic carbocycles. The summed E-state index contributed by atoms with van der Waals surface area (Å²) in [4.78, 5) is 13.3. The topological polar surface area (TPSA) is 50.8 Å². The highest BCUT2D eigenvalue weighted by atomic mass is 16.6. The van der Waals surface area contributed by atoms with Crippen molar-refractivity contribution in [3.8, 4) is 0 Å². The SMILES string of the molecule is CCOC(=O)N1CCO[C@@H](CNC(C)(C)C)C1. The Kier molecular flexibility index (Phi) is 5.21. The first-order valence-corrected chi connectivity index (χ1v) is 6.20. The highest BCUT2D eigenvalue weighted by molar-refractivity contribution is 5.67. The lowest BCUT2D eigenvalue weighted by molar-refractivity contribution is -0.0274. The Bertz CT molecular complexity index is 251. The molecule has 0 saturated carbocycles.